The number of thiophene rings is 1. The highest BCUT2D eigenvalue weighted by molar-refractivity contribution is 7.20. The van der Waals surface area contributed by atoms with Crippen LogP contribution in [0.3, 0.4) is 0 Å². The van der Waals surface area contributed by atoms with Crippen molar-refractivity contribution < 1.29 is 14.4 Å². The number of ketones is 1. The van der Waals surface area contributed by atoms with E-state index < -0.39 is 0 Å². The number of carbonyl (C=O) groups excluding carboxylic acids is 3. The van der Waals surface area contributed by atoms with Crippen molar-refractivity contribution in [2.24, 2.45) is 0 Å². The molecule has 0 N–H and O–H groups in total. The number of carbonyl (C=O) groups is 3. The molecule has 166 valence electrons. The highest BCUT2D eigenvalue weighted by Gasteiger charge is 2.46. The van der Waals surface area contributed by atoms with Gasteiger partial charge in [0.1, 0.15) is 5.69 Å². The van der Waals surface area contributed by atoms with Crippen LogP contribution in [-0.2, 0) is 0 Å². The molecule has 2 fully saturated rings. The quantitative estimate of drug-likeness (QED) is 0.544. The number of hydrogen-bond acceptors (Lipinski definition) is 5. The van der Waals surface area contributed by atoms with Crippen molar-refractivity contribution in [1.82, 2.24) is 19.6 Å². The van der Waals surface area contributed by atoms with E-state index in [-0.39, 0.29) is 29.0 Å². The summed E-state index contributed by atoms with van der Waals surface area (Å²) in [5.74, 6) is -0.0510. The second kappa shape index (κ2) is 7.85. The molecule has 2 amide bonds. The van der Waals surface area contributed by atoms with E-state index in [2.05, 4.69) is 35.1 Å². The predicted molar refractivity (Wildman–Crippen MR) is 123 cm³/mol. The fourth-order valence-electron chi connectivity index (χ4n) is 5.03. The summed E-state index contributed by atoms with van der Waals surface area (Å²) >= 11 is 1.57. The maximum absolute atomic E-state index is 13.5. The van der Waals surface area contributed by atoms with Crippen LogP contribution in [0.25, 0.3) is 10.1 Å². The lowest BCUT2D eigenvalue weighted by atomic mass is 9.85. The molecular weight excluding hydrogens is 424 g/mol. The molecule has 2 saturated heterocycles. The summed E-state index contributed by atoms with van der Waals surface area (Å²) in [5.41, 5.74) is 1.30. The van der Waals surface area contributed by atoms with Crippen LogP contribution in [0, 0.1) is 6.92 Å². The van der Waals surface area contributed by atoms with E-state index in [0.29, 0.717) is 13.1 Å². The molecular formula is C24H26N4O3S. The van der Waals surface area contributed by atoms with E-state index in [1.54, 1.807) is 22.3 Å². The predicted octanol–water partition coefficient (Wildman–Crippen LogP) is 4.35. The van der Waals surface area contributed by atoms with Crippen molar-refractivity contribution in [3.05, 3.63) is 52.7 Å². The van der Waals surface area contributed by atoms with Crippen molar-refractivity contribution in [3.63, 3.8) is 0 Å². The summed E-state index contributed by atoms with van der Waals surface area (Å²) in [6.07, 6.45) is 5.02. The van der Waals surface area contributed by atoms with E-state index in [4.69, 9.17) is 0 Å². The molecule has 3 aromatic rings. The smallest absolute Gasteiger partial charge is 0.332 e. The number of hydrogen-bond donors (Lipinski definition) is 0. The second-order valence-electron chi connectivity index (χ2n) is 8.91. The number of likely N-dealkylation sites (tertiary alicyclic amines) is 2. The van der Waals surface area contributed by atoms with Crippen LogP contribution in [0.4, 0.5) is 4.79 Å². The van der Waals surface area contributed by atoms with Crippen molar-refractivity contribution in [2.45, 2.75) is 45.1 Å². The van der Waals surface area contributed by atoms with E-state index in [1.165, 1.54) is 23.4 Å². The minimum absolute atomic E-state index is 0.110. The lowest BCUT2D eigenvalue weighted by molar-refractivity contribution is 0.0425. The molecule has 0 bridgehead atoms. The van der Waals surface area contributed by atoms with Crippen LogP contribution in [0.15, 0.2) is 36.5 Å². The van der Waals surface area contributed by atoms with Gasteiger partial charge in [-0.3, -0.25) is 9.59 Å². The van der Waals surface area contributed by atoms with Gasteiger partial charge in [0.25, 0.3) is 5.91 Å². The van der Waals surface area contributed by atoms with E-state index >= 15 is 0 Å². The molecule has 0 aliphatic carbocycles. The third-order valence-electron chi connectivity index (χ3n) is 6.84. The molecule has 7 nitrogen and oxygen atoms in total. The Balaban J connectivity index is 1.31. The van der Waals surface area contributed by atoms with Gasteiger partial charge in [-0.1, -0.05) is 12.1 Å². The summed E-state index contributed by atoms with van der Waals surface area (Å²) in [7, 11) is 0. The number of rotatable bonds is 2. The first-order valence-corrected chi connectivity index (χ1v) is 11.9. The Morgan fingerprint density at radius 2 is 1.81 bits per heavy atom. The van der Waals surface area contributed by atoms with Crippen LogP contribution in [0.5, 0.6) is 0 Å². The van der Waals surface area contributed by atoms with Gasteiger partial charge in [-0.15, -0.1) is 11.3 Å². The zero-order chi connectivity index (χ0) is 22.5. The Morgan fingerprint density at radius 1 is 1.03 bits per heavy atom. The summed E-state index contributed by atoms with van der Waals surface area (Å²) in [6.45, 7) is 5.41. The summed E-state index contributed by atoms with van der Waals surface area (Å²) in [5, 5.41) is 5.21. The largest absolute Gasteiger partial charge is 0.344 e. The van der Waals surface area contributed by atoms with Crippen molar-refractivity contribution in [2.75, 3.05) is 19.6 Å². The van der Waals surface area contributed by atoms with E-state index in [0.717, 1.165) is 47.2 Å². The lowest BCUT2D eigenvalue weighted by Gasteiger charge is -2.44. The minimum atomic E-state index is -0.219. The van der Waals surface area contributed by atoms with E-state index in [9.17, 15) is 14.4 Å². The van der Waals surface area contributed by atoms with Gasteiger partial charge in [-0.25, -0.2) is 4.79 Å². The Bertz CT molecular complexity index is 1220. The molecule has 5 rings (SSSR count). The Kier molecular flexibility index (Phi) is 5.12. The number of aromatic nitrogens is 2. The zero-order valence-corrected chi connectivity index (χ0v) is 19.2. The van der Waals surface area contributed by atoms with Crippen LogP contribution < -0.4 is 0 Å². The van der Waals surface area contributed by atoms with Gasteiger partial charge in [0.15, 0.2) is 5.78 Å². The maximum atomic E-state index is 13.5. The average Bonchev–Trinajstić information content (AvgIpc) is 3.51. The third kappa shape index (κ3) is 3.52. The summed E-state index contributed by atoms with van der Waals surface area (Å²) < 4.78 is 2.39. The first-order chi connectivity index (χ1) is 15.4. The molecule has 2 aliphatic rings. The first-order valence-electron chi connectivity index (χ1n) is 11.0. The Hall–Kier alpha value is -3.00. The first kappa shape index (κ1) is 20.9. The second-order valence-corrected chi connectivity index (χ2v) is 9.99. The van der Waals surface area contributed by atoms with Gasteiger partial charge in [-0.05, 0) is 61.8 Å². The van der Waals surface area contributed by atoms with Gasteiger partial charge in [0.05, 0.1) is 4.88 Å². The van der Waals surface area contributed by atoms with Crippen LogP contribution in [0.1, 0.15) is 58.3 Å². The van der Waals surface area contributed by atoms with Crippen molar-refractivity contribution in [1.29, 1.82) is 0 Å². The summed E-state index contributed by atoms with van der Waals surface area (Å²) in [6, 6.07) is 9.64. The van der Waals surface area contributed by atoms with Gasteiger partial charge >= 0.3 is 6.03 Å². The molecule has 0 unspecified atom stereocenters. The number of amides is 2. The van der Waals surface area contributed by atoms with E-state index in [1.807, 2.05) is 6.07 Å². The van der Waals surface area contributed by atoms with Gasteiger partial charge in [0, 0.05) is 43.0 Å². The highest BCUT2D eigenvalue weighted by atomic mass is 32.1. The third-order valence-corrected chi connectivity index (χ3v) is 7.92. The number of fused-ring (bicyclic) bond motifs is 1. The number of benzene rings is 1. The number of aryl methyl sites for hydroxylation is 1. The topological polar surface area (TPSA) is 75.5 Å². The maximum Gasteiger partial charge on any atom is 0.344 e. The summed E-state index contributed by atoms with van der Waals surface area (Å²) in [4.78, 5) is 42.4. The standard InChI is InChI=1S/C24H26N4O3S/c1-16-4-5-18-15-21(32-20(18)14-16)22(30)27-10-3-7-24(27)8-12-26(13-9-24)23(31)28-11-6-19(25-28)17(2)29/h4-6,11,14-15H,3,7-10,12-13H2,1-2H3. The molecule has 0 radical (unpaired) electrons. The molecule has 0 saturated carbocycles. The van der Waals surface area contributed by atoms with Gasteiger partial charge in [-0.2, -0.15) is 9.78 Å². The number of nitrogens with zero attached hydrogens (tertiary/aromatic N) is 4. The molecule has 8 heteroatoms. The molecule has 2 aliphatic heterocycles. The zero-order valence-electron chi connectivity index (χ0n) is 18.3. The normalized spacial score (nSPS) is 17.9. The van der Waals surface area contributed by atoms with Crippen LogP contribution in [-0.4, -0.2) is 62.5 Å². The number of Topliss-reactive ketones (excluding diaryl/α,β-unsaturated/α-hetero) is 1. The Morgan fingerprint density at radius 3 is 2.53 bits per heavy atom. The highest BCUT2D eigenvalue weighted by Crippen LogP contribution is 2.40. The Labute approximate surface area is 190 Å². The molecule has 0 atom stereocenters. The number of piperidine rings is 1. The fraction of sp³-hybridized carbons (Fsp3) is 0.417. The molecule has 1 spiro atoms. The fourth-order valence-corrected chi connectivity index (χ4v) is 6.14. The minimum Gasteiger partial charge on any atom is -0.332 e. The molecule has 32 heavy (non-hydrogen) atoms. The monoisotopic (exact) mass is 450 g/mol. The molecule has 4 heterocycles. The van der Waals surface area contributed by atoms with Gasteiger partial charge in [0.2, 0.25) is 0 Å². The van der Waals surface area contributed by atoms with Gasteiger partial charge < -0.3 is 9.80 Å². The molecule has 2 aromatic heterocycles. The van der Waals surface area contributed by atoms with Crippen LogP contribution in [0.2, 0.25) is 0 Å². The molecule has 1 aromatic carbocycles. The SMILES string of the molecule is CC(=O)c1ccn(C(=O)N2CCC3(CCCN3C(=O)c3cc4ccc(C)cc4s3)CC2)n1. The van der Waals surface area contributed by atoms with Crippen molar-refractivity contribution >= 4 is 39.1 Å². The average molecular weight is 451 g/mol. The van der Waals surface area contributed by atoms with Crippen molar-refractivity contribution in [3.8, 4) is 0 Å². The lowest BCUT2D eigenvalue weighted by Crippen LogP contribution is -2.55. The van der Waals surface area contributed by atoms with Crippen LogP contribution >= 0.6 is 11.3 Å².